The fourth-order valence-electron chi connectivity index (χ4n) is 1.85. The molecular formula is C15H14BrNO4. The Morgan fingerprint density at radius 2 is 1.95 bits per heavy atom. The van der Waals surface area contributed by atoms with Gasteiger partial charge in [-0.25, -0.2) is 4.79 Å². The summed E-state index contributed by atoms with van der Waals surface area (Å²) in [6.07, 6.45) is 0.348. The molecule has 5 nitrogen and oxygen atoms in total. The first kappa shape index (κ1) is 15.3. The van der Waals surface area contributed by atoms with Gasteiger partial charge < -0.3 is 14.5 Å². The topological polar surface area (TPSA) is 68.5 Å². The maximum Gasteiger partial charge on any atom is 0.328 e. The van der Waals surface area contributed by atoms with Crippen molar-refractivity contribution in [1.29, 1.82) is 0 Å². The Hall–Kier alpha value is -2.08. The van der Waals surface area contributed by atoms with Crippen molar-refractivity contribution in [1.82, 2.24) is 5.32 Å². The number of methoxy groups -OCH3 is 1. The first-order chi connectivity index (χ1) is 10.1. The first-order valence-corrected chi connectivity index (χ1v) is 7.07. The van der Waals surface area contributed by atoms with Gasteiger partial charge in [0.1, 0.15) is 6.04 Å². The number of amides is 1. The van der Waals surface area contributed by atoms with E-state index in [0.29, 0.717) is 11.1 Å². The van der Waals surface area contributed by atoms with Crippen LogP contribution in [0.1, 0.15) is 16.1 Å². The van der Waals surface area contributed by atoms with E-state index in [1.165, 1.54) is 13.2 Å². The van der Waals surface area contributed by atoms with Gasteiger partial charge in [-0.05, 0) is 33.6 Å². The molecule has 0 saturated carbocycles. The van der Waals surface area contributed by atoms with Crippen LogP contribution >= 0.6 is 15.9 Å². The van der Waals surface area contributed by atoms with Crippen LogP contribution in [0.15, 0.2) is 51.6 Å². The summed E-state index contributed by atoms with van der Waals surface area (Å²) in [5, 5.41) is 2.62. The highest BCUT2D eigenvalue weighted by atomic mass is 79.9. The molecule has 0 fully saturated rings. The van der Waals surface area contributed by atoms with E-state index in [-0.39, 0.29) is 5.76 Å². The third-order valence-corrected chi connectivity index (χ3v) is 3.30. The summed E-state index contributed by atoms with van der Waals surface area (Å²) in [5.74, 6) is -0.839. The highest BCUT2D eigenvalue weighted by Crippen LogP contribution is 2.14. The molecule has 0 aliphatic carbocycles. The summed E-state index contributed by atoms with van der Waals surface area (Å²) < 4.78 is 10.3. The number of ether oxygens (including phenoxy) is 1. The number of rotatable bonds is 5. The monoisotopic (exact) mass is 351 g/mol. The molecule has 0 bridgehead atoms. The van der Waals surface area contributed by atoms with Crippen molar-refractivity contribution in [3.8, 4) is 0 Å². The van der Waals surface area contributed by atoms with Gasteiger partial charge in [-0.1, -0.05) is 30.3 Å². The normalized spacial score (nSPS) is 11.7. The lowest BCUT2D eigenvalue weighted by Crippen LogP contribution is -2.42. The summed E-state index contributed by atoms with van der Waals surface area (Å²) >= 11 is 3.12. The molecule has 0 radical (unpaired) electrons. The Morgan fingerprint density at radius 3 is 2.52 bits per heavy atom. The standard InChI is InChI=1S/C15H14BrNO4/c1-20-15(19)11(9-10-5-3-2-4-6-10)17-14(18)12-7-8-13(16)21-12/h2-8,11H,9H2,1H3,(H,17,18)/t11-/m1/s1. The fourth-order valence-corrected chi connectivity index (χ4v) is 2.16. The summed E-state index contributed by atoms with van der Waals surface area (Å²) in [7, 11) is 1.29. The minimum Gasteiger partial charge on any atom is -0.467 e. The average Bonchev–Trinajstić information content (AvgIpc) is 2.93. The zero-order valence-corrected chi connectivity index (χ0v) is 12.9. The van der Waals surface area contributed by atoms with E-state index in [1.807, 2.05) is 30.3 Å². The van der Waals surface area contributed by atoms with Crippen molar-refractivity contribution >= 4 is 27.8 Å². The molecule has 0 saturated heterocycles. The quantitative estimate of drug-likeness (QED) is 0.840. The molecule has 6 heteroatoms. The van der Waals surface area contributed by atoms with Gasteiger partial charge in [0.2, 0.25) is 0 Å². The third-order valence-electron chi connectivity index (χ3n) is 2.87. The van der Waals surface area contributed by atoms with Crippen LogP contribution in [0, 0.1) is 0 Å². The number of carbonyl (C=O) groups is 2. The number of halogens is 1. The van der Waals surface area contributed by atoms with Gasteiger partial charge >= 0.3 is 5.97 Å². The second-order valence-electron chi connectivity index (χ2n) is 4.34. The summed E-state index contributed by atoms with van der Waals surface area (Å²) in [6.45, 7) is 0. The number of esters is 1. The summed E-state index contributed by atoms with van der Waals surface area (Å²) in [6, 6.07) is 11.8. The van der Waals surface area contributed by atoms with Gasteiger partial charge in [0.25, 0.3) is 5.91 Å². The molecule has 0 aliphatic heterocycles. The van der Waals surface area contributed by atoms with Gasteiger partial charge in [0.05, 0.1) is 7.11 Å². The molecular weight excluding hydrogens is 338 g/mol. The van der Waals surface area contributed by atoms with Crippen molar-refractivity contribution in [2.45, 2.75) is 12.5 Å². The number of furan rings is 1. The van der Waals surface area contributed by atoms with Gasteiger partial charge in [-0.15, -0.1) is 0 Å². The van der Waals surface area contributed by atoms with Gasteiger partial charge in [-0.3, -0.25) is 4.79 Å². The van der Waals surface area contributed by atoms with Crippen molar-refractivity contribution in [2.24, 2.45) is 0 Å². The fraction of sp³-hybridized carbons (Fsp3) is 0.200. The summed E-state index contributed by atoms with van der Waals surface area (Å²) in [5.41, 5.74) is 0.925. The zero-order chi connectivity index (χ0) is 15.2. The molecule has 21 heavy (non-hydrogen) atoms. The van der Waals surface area contributed by atoms with Crippen LogP contribution < -0.4 is 5.32 Å². The molecule has 1 aromatic carbocycles. The van der Waals surface area contributed by atoms with Crippen LogP contribution in [-0.2, 0) is 16.0 Å². The van der Waals surface area contributed by atoms with Crippen LogP contribution in [0.25, 0.3) is 0 Å². The largest absolute Gasteiger partial charge is 0.467 e. The highest BCUT2D eigenvalue weighted by Gasteiger charge is 2.23. The Bertz CT molecular complexity index is 624. The maximum absolute atomic E-state index is 12.0. The van der Waals surface area contributed by atoms with Crippen LogP contribution in [0.4, 0.5) is 0 Å². The van der Waals surface area contributed by atoms with E-state index in [9.17, 15) is 9.59 Å². The molecule has 1 aromatic heterocycles. The Kier molecular flexibility index (Phi) is 5.16. The summed E-state index contributed by atoms with van der Waals surface area (Å²) in [4.78, 5) is 23.9. The molecule has 1 amide bonds. The Morgan fingerprint density at radius 1 is 1.24 bits per heavy atom. The average molecular weight is 352 g/mol. The second kappa shape index (κ2) is 7.08. The zero-order valence-electron chi connectivity index (χ0n) is 11.3. The molecule has 2 rings (SSSR count). The van der Waals surface area contributed by atoms with Crippen molar-refractivity contribution < 1.29 is 18.7 Å². The number of benzene rings is 1. The minimum atomic E-state index is -0.770. The van der Waals surface area contributed by atoms with Crippen molar-refractivity contribution in [3.05, 3.63) is 58.5 Å². The number of nitrogens with one attached hydrogen (secondary N) is 1. The van der Waals surface area contributed by atoms with Crippen LogP contribution in [0.2, 0.25) is 0 Å². The number of hydrogen-bond donors (Lipinski definition) is 1. The van der Waals surface area contributed by atoms with E-state index in [1.54, 1.807) is 6.07 Å². The van der Waals surface area contributed by atoms with Crippen molar-refractivity contribution in [2.75, 3.05) is 7.11 Å². The van der Waals surface area contributed by atoms with Crippen molar-refractivity contribution in [3.63, 3.8) is 0 Å². The van der Waals surface area contributed by atoms with Crippen LogP contribution in [0.3, 0.4) is 0 Å². The number of carbonyl (C=O) groups excluding carboxylic acids is 2. The second-order valence-corrected chi connectivity index (χ2v) is 5.12. The molecule has 1 N–H and O–H groups in total. The predicted octanol–water partition coefficient (Wildman–Crippen LogP) is 2.56. The van der Waals surface area contributed by atoms with E-state index in [0.717, 1.165) is 5.56 Å². The molecule has 0 unspecified atom stereocenters. The number of hydrogen-bond acceptors (Lipinski definition) is 4. The molecule has 110 valence electrons. The van der Waals surface area contributed by atoms with Gasteiger partial charge in [0, 0.05) is 6.42 Å². The van der Waals surface area contributed by atoms with Gasteiger partial charge in [-0.2, -0.15) is 0 Å². The lowest BCUT2D eigenvalue weighted by atomic mass is 10.1. The van der Waals surface area contributed by atoms with E-state index < -0.39 is 17.9 Å². The molecule has 0 aliphatic rings. The van der Waals surface area contributed by atoms with E-state index in [4.69, 9.17) is 9.15 Å². The molecule has 1 atom stereocenters. The predicted molar refractivity (Wildman–Crippen MR) is 79.8 cm³/mol. The molecule has 1 heterocycles. The minimum absolute atomic E-state index is 0.129. The van der Waals surface area contributed by atoms with E-state index >= 15 is 0 Å². The lowest BCUT2D eigenvalue weighted by molar-refractivity contribution is -0.142. The Balaban J connectivity index is 2.09. The maximum atomic E-state index is 12.0. The third kappa shape index (κ3) is 4.19. The highest BCUT2D eigenvalue weighted by molar-refractivity contribution is 9.10. The molecule has 2 aromatic rings. The smallest absolute Gasteiger partial charge is 0.328 e. The SMILES string of the molecule is COC(=O)[C@@H](Cc1ccccc1)NC(=O)c1ccc(Br)o1. The van der Waals surface area contributed by atoms with Crippen LogP contribution in [-0.4, -0.2) is 25.0 Å². The molecule has 0 spiro atoms. The van der Waals surface area contributed by atoms with Gasteiger partial charge in [0.15, 0.2) is 10.4 Å². The first-order valence-electron chi connectivity index (χ1n) is 6.28. The van der Waals surface area contributed by atoms with Crippen LogP contribution in [0.5, 0.6) is 0 Å². The van der Waals surface area contributed by atoms with E-state index in [2.05, 4.69) is 21.2 Å². The Labute approximate surface area is 130 Å². The lowest BCUT2D eigenvalue weighted by Gasteiger charge is -2.15.